The van der Waals surface area contributed by atoms with Crippen LogP contribution in [0.1, 0.15) is 11.7 Å². The summed E-state index contributed by atoms with van der Waals surface area (Å²) in [4.78, 5) is 17.5. The van der Waals surface area contributed by atoms with Gasteiger partial charge in [0, 0.05) is 6.20 Å². The zero-order valence-electron chi connectivity index (χ0n) is 8.78. The number of aliphatic hydroxyl groups is 3. The van der Waals surface area contributed by atoms with E-state index in [0.29, 0.717) is 0 Å². The SMILES string of the molecule is Nc1ncc([C@H]2O[C@H](CO)[C@@H](O)[C@@H]2O)c(=O)[nH]1. The summed E-state index contributed by atoms with van der Waals surface area (Å²) in [6.45, 7) is -0.449. The van der Waals surface area contributed by atoms with Crippen molar-refractivity contribution in [1.29, 1.82) is 0 Å². The highest BCUT2D eigenvalue weighted by molar-refractivity contribution is 5.21. The van der Waals surface area contributed by atoms with Crippen molar-refractivity contribution in [3.63, 3.8) is 0 Å². The Balaban J connectivity index is 2.32. The van der Waals surface area contributed by atoms with Crippen LogP contribution in [-0.2, 0) is 4.74 Å². The molecule has 0 aliphatic carbocycles. The van der Waals surface area contributed by atoms with E-state index in [2.05, 4.69) is 9.97 Å². The van der Waals surface area contributed by atoms with Gasteiger partial charge in [-0.1, -0.05) is 0 Å². The number of anilines is 1. The molecular formula is C9H13N3O5. The fourth-order valence-corrected chi connectivity index (χ4v) is 1.78. The van der Waals surface area contributed by atoms with Crippen molar-refractivity contribution in [2.45, 2.75) is 24.4 Å². The minimum Gasteiger partial charge on any atom is -0.394 e. The topological polar surface area (TPSA) is 142 Å². The van der Waals surface area contributed by atoms with Crippen LogP contribution in [-0.4, -0.2) is 50.2 Å². The normalized spacial score (nSPS) is 32.9. The van der Waals surface area contributed by atoms with E-state index in [1.165, 1.54) is 6.20 Å². The van der Waals surface area contributed by atoms with Gasteiger partial charge in [0.15, 0.2) is 5.95 Å². The number of nitrogens with zero attached hydrogens (tertiary/aromatic N) is 1. The van der Waals surface area contributed by atoms with Crippen molar-refractivity contribution in [3.05, 3.63) is 22.1 Å². The highest BCUT2D eigenvalue weighted by Gasteiger charge is 2.44. The van der Waals surface area contributed by atoms with E-state index in [1.807, 2.05) is 0 Å². The average Bonchev–Trinajstić information content (AvgIpc) is 2.57. The Morgan fingerprint density at radius 2 is 2.18 bits per heavy atom. The number of aromatic amines is 1. The van der Waals surface area contributed by atoms with Gasteiger partial charge in [0.05, 0.1) is 12.2 Å². The average molecular weight is 243 g/mol. The summed E-state index contributed by atoms with van der Waals surface area (Å²) in [5, 5.41) is 28.2. The second kappa shape index (κ2) is 4.41. The first-order chi connectivity index (χ1) is 8.04. The predicted molar refractivity (Wildman–Crippen MR) is 56.0 cm³/mol. The first kappa shape index (κ1) is 12.0. The Kier molecular flexibility index (Phi) is 3.11. The number of hydrogen-bond acceptors (Lipinski definition) is 7. The smallest absolute Gasteiger partial charge is 0.258 e. The van der Waals surface area contributed by atoms with Crippen LogP contribution >= 0.6 is 0 Å². The summed E-state index contributed by atoms with van der Waals surface area (Å²) >= 11 is 0. The van der Waals surface area contributed by atoms with Gasteiger partial charge >= 0.3 is 0 Å². The molecule has 6 N–H and O–H groups in total. The van der Waals surface area contributed by atoms with E-state index in [1.54, 1.807) is 0 Å². The van der Waals surface area contributed by atoms with Crippen LogP contribution < -0.4 is 11.3 Å². The molecule has 1 aliphatic heterocycles. The zero-order chi connectivity index (χ0) is 12.6. The quantitative estimate of drug-likeness (QED) is 0.386. The third kappa shape index (κ3) is 2.03. The number of ether oxygens (including phenoxy) is 1. The van der Waals surface area contributed by atoms with Gasteiger partial charge in [-0.3, -0.25) is 9.78 Å². The number of nitrogen functional groups attached to an aromatic ring is 1. The van der Waals surface area contributed by atoms with Crippen LogP contribution in [0.4, 0.5) is 5.95 Å². The molecule has 2 rings (SSSR count). The molecule has 0 spiro atoms. The van der Waals surface area contributed by atoms with E-state index >= 15 is 0 Å². The summed E-state index contributed by atoms with van der Waals surface area (Å²) < 4.78 is 5.19. The third-order valence-corrected chi connectivity index (χ3v) is 2.70. The Hall–Kier alpha value is -1.48. The molecule has 1 fully saturated rings. The van der Waals surface area contributed by atoms with Gasteiger partial charge in [-0.25, -0.2) is 4.98 Å². The maximum atomic E-state index is 11.6. The molecule has 2 heterocycles. The van der Waals surface area contributed by atoms with E-state index in [-0.39, 0.29) is 11.5 Å². The lowest BCUT2D eigenvalue weighted by Crippen LogP contribution is -2.33. The fraction of sp³-hybridized carbons (Fsp3) is 0.556. The first-order valence-electron chi connectivity index (χ1n) is 5.01. The molecule has 0 radical (unpaired) electrons. The summed E-state index contributed by atoms with van der Waals surface area (Å²) in [7, 11) is 0. The maximum Gasteiger partial charge on any atom is 0.258 e. The summed E-state index contributed by atoms with van der Waals surface area (Å²) in [5.74, 6) is -0.0505. The Labute approximate surface area is 95.7 Å². The lowest BCUT2D eigenvalue weighted by Gasteiger charge is -2.13. The van der Waals surface area contributed by atoms with Gasteiger partial charge in [-0.05, 0) is 0 Å². The van der Waals surface area contributed by atoms with Crippen LogP contribution in [0.5, 0.6) is 0 Å². The molecule has 8 heteroatoms. The Morgan fingerprint density at radius 3 is 2.71 bits per heavy atom. The number of aromatic nitrogens is 2. The second-order valence-corrected chi connectivity index (χ2v) is 3.81. The van der Waals surface area contributed by atoms with Crippen molar-refractivity contribution in [3.8, 4) is 0 Å². The third-order valence-electron chi connectivity index (χ3n) is 2.70. The molecule has 1 aromatic rings. The van der Waals surface area contributed by atoms with Crippen LogP contribution in [0, 0.1) is 0 Å². The lowest BCUT2D eigenvalue weighted by atomic mass is 10.0. The van der Waals surface area contributed by atoms with Crippen molar-refractivity contribution in [2.24, 2.45) is 0 Å². The molecule has 1 aromatic heterocycles. The molecule has 0 bridgehead atoms. The number of nitrogens with one attached hydrogen (secondary N) is 1. The fourth-order valence-electron chi connectivity index (χ4n) is 1.78. The van der Waals surface area contributed by atoms with E-state index in [0.717, 1.165) is 0 Å². The monoisotopic (exact) mass is 243 g/mol. The van der Waals surface area contributed by atoms with Gasteiger partial charge in [0.2, 0.25) is 0 Å². The van der Waals surface area contributed by atoms with E-state index in [4.69, 9.17) is 15.6 Å². The van der Waals surface area contributed by atoms with Crippen LogP contribution in [0.3, 0.4) is 0 Å². The molecule has 1 aliphatic rings. The summed E-state index contributed by atoms with van der Waals surface area (Å²) in [6, 6.07) is 0. The maximum absolute atomic E-state index is 11.6. The number of aliphatic hydroxyl groups excluding tert-OH is 3. The molecule has 4 atom stereocenters. The van der Waals surface area contributed by atoms with Gasteiger partial charge in [-0.2, -0.15) is 0 Å². The van der Waals surface area contributed by atoms with Crippen LogP contribution in [0.15, 0.2) is 11.0 Å². The van der Waals surface area contributed by atoms with Crippen molar-refractivity contribution < 1.29 is 20.1 Å². The molecule has 0 saturated carbocycles. The number of hydrogen-bond donors (Lipinski definition) is 5. The van der Waals surface area contributed by atoms with Crippen LogP contribution in [0.25, 0.3) is 0 Å². The highest BCUT2D eigenvalue weighted by Crippen LogP contribution is 2.31. The Bertz CT molecular complexity index is 462. The van der Waals surface area contributed by atoms with Crippen molar-refractivity contribution >= 4 is 5.95 Å². The van der Waals surface area contributed by atoms with Gasteiger partial charge in [-0.15, -0.1) is 0 Å². The highest BCUT2D eigenvalue weighted by atomic mass is 16.6. The standard InChI is InChI=1S/C9H13N3O5/c10-9-11-1-3(8(16)12-9)7-6(15)5(14)4(2-13)17-7/h1,4-7,13-15H,2H2,(H3,10,11,12,16)/t4-,5-,6+,7-/m1/s1. The molecule has 0 aromatic carbocycles. The van der Waals surface area contributed by atoms with E-state index < -0.39 is 36.6 Å². The number of nitrogens with two attached hydrogens (primary N) is 1. The van der Waals surface area contributed by atoms with Gasteiger partial charge in [0.1, 0.15) is 24.4 Å². The van der Waals surface area contributed by atoms with Crippen LogP contribution in [0.2, 0.25) is 0 Å². The molecule has 94 valence electrons. The molecule has 0 unspecified atom stereocenters. The molecule has 8 nitrogen and oxygen atoms in total. The second-order valence-electron chi connectivity index (χ2n) is 3.81. The Morgan fingerprint density at radius 1 is 1.47 bits per heavy atom. The minimum absolute atomic E-state index is 0.0505. The molecule has 0 amide bonds. The van der Waals surface area contributed by atoms with E-state index in [9.17, 15) is 15.0 Å². The minimum atomic E-state index is -1.29. The molecular weight excluding hydrogens is 230 g/mol. The number of H-pyrrole nitrogens is 1. The van der Waals surface area contributed by atoms with Crippen molar-refractivity contribution in [2.75, 3.05) is 12.3 Å². The van der Waals surface area contributed by atoms with Gasteiger partial charge < -0.3 is 25.8 Å². The van der Waals surface area contributed by atoms with Gasteiger partial charge in [0.25, 0.3) is 5.56 Å². The largest absolute Gasteiger partial charge is 0.394 e. The van der Waals surface area contributed by atoms with Crippen molar-refractivity contribution in [1.82, 2.24) is 9.97 Å². The number of rotatable bonds is 2. The summed E-state index contributed by atoms with van der Waals surface area (Å²) in [6.07, 6.45) is -3.32. The zero-order valence-corrected chi connectivity index (χ0v) is 8.78. The first-order valence-corrected chi connectivity index (χ1v) is 5.01. The molecule has 17 heavy (non-hydrogen) atoms. The summed E-state index contributed by atoms with van der Waals surface area (Å²) in [5.41, 5.74) is 4.79. The predicted octanol–water partition coefficient (Wildman–Crippen LogP) is -2.49. The lowest BCUT2D eigenvalue weighted by molar-refractivity contribution is -0.0232. The molecule has 1 saturated heterocycles.